The van der Waals surface area contributed by atoms with E-state index in [1.54, 1.807) is 13.3 Å². The van der Waals surface area contributed by atoms with Gasteiger partial charge in [0.2, 0.25) is 0 Å². The summed E-state index contributed by atoms with van der Waals surface area (Å²) in [5.41, 5.74) is 1.69. The number of fused-ring (bicyclic) bond motifs is 1. The largest absolute Gasteiger partial charge is 0.392 e. The number of unbranched alkanes of at least 4 members (excludes halogenated alkanes) is 13. The Balaban J connectivity index is 1.18. The second-order valence-corrected chi connectivity index (χ2v) is 11.9. The fraction of sp³-hybridized carbons (Fsp3) is 0.727. The molecule has 0 aromatic carbocycles. The molecule has 0 unspecified atom stereocenters. The summed E-state index contributed by atoms with van der Waals surface area (Å²) in [7, 11) is 0. The molecule has 8 heteroatoms. The van der Waals surface area contributed by atoms with Crippen molar-refractivity contribution in [3.8, 4) is 0 Å². The van der Waals surface area contributed by atoms with Crippen LogP contribution < -0.4 is 5.56 Å². The number of aliphatic hydroxyl groups excluding tert-OH is 1. The molecular formula is C33H54N4O4. The number of rotatable bonds is 22. The minimum Gasteiger partial charge on any atom is -0.392 e. The number of aryl methyl sites for hydroxylation is 1. The average Bonchev–Trinajstić information content (AvgIpc) is 3.48. The molecule has 2 heterocycles. The van der Waals surface area contributed by atoms with E-state index in [1.165, 1.54) is 77.0 Å². The Kier molecular flexibility index (Phi) is 14.6. The predicted octanol–water partition coefficient (Wildman–Crippen LogP) is 8.02. The van der Waals surface area contributed by atoms with Crippen molar-refractivity contribution in [2.24, 2.45) is 5.92 Å². The maximum atomic E-state index is 12.2. The number of H-pyrrole nitrogens is 1. The van der Waals surface area contributed by atoms with Crippen LogP contribution in [0.3, 0.4) is 0 Å². The number of aromatic amines is 1. The van der Waals surface area contributed by atoms with Gasteiger partial charge in [0.05, 0.1) is 25.1 Å². The van der Waals surface area contributed by atoms with Gasteiger partial charge in [-0.05, 0) is 38.2 Å². The van der Waals surface area contributed by atoms with Gasteiger partial charge >= 0.3 is 0 Å². The fourth-order valence-electron chi connectivity index (χ4n) is 6.00. The summed E-state index contributed by atoms with van der Waals surface area (Å²) in [5, 5.41) is 10.8. The highest BCUT2D eigenvalue weighted by Crippen LogP contribution is 2.42. The lowest BCUT2D eigenvalue weighted by Crippen LogP contribution is -2.13. The molecule has 2 aromatic rings. The van der Waals surface area contributed by atoms with Gasteiger partial charge in [0, 0.05) is 12.3 Å². The smallest absolute Gasteiger partial charge is 0.279 e. The maximum absolute atomic E-state index is 12.2. The zero-order valence-corrected chi connectivity index (χ0v) is 25.7. The van der Waals surface area contributed by atoms with E-state index in [-0.39, 0.29) is 17.5 Å². The van der Waals surface area contributed by atoms with Crippen LogP contribution in [0.1, 0.15) is 134 Å². The third-order valence-electron chi connectivity index (χ3n) is 8.45. The number of nitrogens with zero attached hydrogens (tertiary/aromatic N) is 3. The summed E-state index contributed by atoms with van der Waals surface area (Å²) in [5.74, 6) is 1.38. The molecule has 3 atom stereocenters. The van der Waals surface area contributed by atoms with Gasteiger partial charge in [0.1, 0.15) is 11.6 Å². The monoisotopic (exact) mass is 570 g/mol. The molecule has 2 N–H and O–H groups in total. The number of hydrogen-bond donors (Lipinski definition) is 2. The number of allylic oxidation sites excluding steroid dienone is 1. The van der Waals surface area contributed by atoms with Gasteiger partial charge in [-0.15, -0.1) is 0 Å². The van der Waals surface area contributed by atoms with Gasteiger partial charge in [-0.2, -0.15) is 4.89 Å². The van der Waals surface area contributed by atoms with Gasteiger partial charge in [-0.3, -0.25) is 4.79 Å². The van der Waals surface area contributed by atoms with E-state index in [0.29, 0.717) is 30.0 Å². The topological polar surface area (TPSA) is 102 Å². The summed E-state index contributed by atoms with van der Waals surface area (Å²) in [6, 6.07) is -0.0770. The van der Waals surface area contributed by atoms with Crippen LogP contribution in [0.15, 0.2) is 35.6 Å². The molecule has 230 valence electrons. The Morgan fingerprint density at radius 2 is 1.66 bits per heavy atom. The van der Waals surface area contributed by atoms with Crippen molar-refractivity contribution >= 4 is 11.2 Å². The summed E-state index contributed by atoms with van der Waals surface area (Å²) in [6.07, 6.45) is 22.0. The molecule has 3 rings (SSSR count). The van der Waals surface area contributed by atoms with Crippen LogP contribution in [0, 0.1) is 12.8 Å². The molecular weight excluding hydrogens is 516 g/mol. The number of aromatic nitrogens is 4. The van der Waals surface area contributed by atoms with Crippen molar-refractivity contribution in [3.63, 3.8) is 0 Å². The first kappa shape index (κ1) is 33.1. The Hall–Kier alpha value is -2.45. The molecule has 1 saturated carbocycles. The molecule has 0 spiro atoms. The van der Waals surface area contributed by atoms with Gasteiger partial charge in [-0.25, -0.2) is 9.97 Å². The third kappa shape index (κ3) is 10.7. The van der Waals surface area contributed by atoms with Crippen LogP contribution in [-0.2, 0) is 9.78 Å². The number of hydrogen-bond acceptors (Lipinski definition) is 6. The highest BCUT2D eigenvalue weighted by atomic mass is 17.2. The third-order valence-corrected chi connectivity index (χ3v) is 8.45. The van der Waals surface area contributed by atoms with Crippen molar-refractivity contribution in [2.45, 2.75) is 142 Å². The Labute approximate surface area is 246 Å². The van der Waals surface area contributed by atoms with E-state index in [9.17, 15) is 9.90 Å². The first-order chi connectivity index (χ1) is 19.9. The van der Waals surface area contributed by atoms with E-state index in [2.05, 4.69) is 35.0 Å². The van der Waals surface area contributed by atoms with Crippen molar-refractivity contribution in [2.75, 3.05) is 6.61 Å². The van der Waals surface area contributed by atoms with E-state index in [4.69, 9.17) is 9.78 Å². The molecule has 8 nitrogen and oxygen atoms in total. The number of imidazole rings is 1. The van der Waals surface area contributed by atoms with Crippen LogP contribution in [-0.4, -0.2) is 37.3 Å². The molecule has 41 heavy (non-hydrogen) atoms. The van der Waals surface area contributed by atoms with E-state index >= 15 is 0 Å². The van der Waals surface area contributed by atoms with E-state index in [0.717, 1.165) is 43.4 Å². The second-order valence-electron chi connectivity index (χ2n) is 11.9. The molecule has 0 bridgehead atoms. The van der Waals surface area contributed by atoms with Gasteiger partial charge < -0.3 is 19.5 Å². The summed E-state index contributed by atoms with van der Waals surface area (Å²) in [4.78, 5) is 34.3. The minimum absolute atomic E-state index is 0.0770. The lowest BCUT2D eigenvalue weighted by molar-refractivity contribution is -0.264. The highest BCUT2D eigenvalue weighted by molar-refractivity contribution is 5.69. The molecule has 1 aliphatic rings. The van der Waals surface area contributed by atoms with E-state index < -0.39 is 6.10 Å². The van der Waals surface area contributed by atoms with Crippen LogP contribution in [0.5, 0.6) is 0 Å². The molecule has 0 saturated heterocycles. The van der Waals surface area contributed by atoms with Crippen molar-refractivity contribution in [3.05, 3.63) is 47.0 Å². The SMILES string of the molecule is C=C(CCCCCCCCCC[C@H]1C(=C)[C@@H](n2cnc3c(=O)[nH]c(C)nc32)C[C@@H]1O)OOCCCCCCCCC. The average molecular weight is 571 g/mol. The zero-order valence-electron chi connectivity index (χ0n) is 25.7. The number of aliphatic hydroxyl groups is 1. The normalized spacial score (nSPS) is 18.9. The molecule has 1 aliphatic carbocycles. The van der Waals surface area contributed by atoms with Gasteiger partial charge in [-0.1, -0.05) is 104 Å². The number of nitrogens with one attached hydrogen (secondary N) is 1. The van der Waals surface area contributed by atoms with Crippen LogP contribution >= 0.6 is 0 Å². The molecule has 1 fully saturated rings. The summed E-state index contributed by atoms with van der Waals surface area (Å²) >= 11 is 0. The van der Waals surface area contributed by atoms with Crippen molar-refractivity contribution < 1.29 is 14.9 Å². The second kappa shape index (κ2) is 18.2. The maximum Gasteiger partial charge on any atom is 0.279 e. The standard InChI is InChI=1S/C33H54N4O4/c1-5-6-7-8-13-16-19-22-40-41-25(2)20-17-14-11-9-10-12-15-18-21-28-26(3)29(23-30(28)38)37-24-34-31-32(37)35-27(4)36-33(31)39/h24,28-30,38H,2-3,5-23H2,1,4H3,(H,35,36,39)/t28-,29-,30-/m0/s1. The first-order valence-corrected chi connectivity index (χ1v) is 16.2. The molecule has 0 radical (unpaired) electrons. The predicted molar refractivity (Wildman–Crippen MR) is 166 cm³/mol. The first-order valence-electron chi connectivity index (χ1n) is 16.2. The van der Waals surface area contributed by atoms with Crippen LogP contribution in [0.2, 0.25) is 0 Å². The quantitative estimate of drug-likeness (QED) is 0.0488. The van der Waals surface area contributed by atoms with Gasteiger partial charge in [0.15, 0.2) is 11.2 Å². The van der Waals surface area contributed by atoms with Crippen molar-refractivity contribution in [1.82, 2.24) is 19.5 Å². The van der Waals surface area contributed by atoms with Crippen LogP contribution in [0.4, 0.5) is 0 Å². The summed E-state index contributed by atoms with van der Waals surface area (Å²) in [6.45, 7) is 13.0. The highest BCUT2D eigenvalue weighted by Gasteiger charge is 2.37. The van der Waals surface area contributed by atoms with Crippen molar-refractivity contribution in [1.29, 1.82) is 0 Å². The minimum atomic E-state index is -0.419. The zero-order chi connectivity index (χ0) is 29.5. The van der Waals surface area contributed by atoms with Gasteiger partial charge in [0.25, 0.3) is 5.56 Å². The molecule has 2 aromatic heterocycles. The Bertz CT molecular complexity index is 1120. The van der Waals surface area contributed by atoms with E-state index in [1.807, 2.05) is 4.57 Å². The Morgan fingerprint density at radius 3 is 2.37 bits per heavy atom. The molecule has 0 amide bonds. The lowest BCUT2D eigenvalue weighted by Gasteiger charge is -2.17. The molecule has 0 aliphatic heterocycles. The van der Waals surface area contributed by atoms with Crippen LogP contribution in [0.25, 0.3) is 11.2 Å². The fourth-order valence-corrected chi connectivity index (χ4v) is 6.00. The Morgan fingerprint density at radius 1 is 1.02 bits per heavy atom. The lowest BCUT2D eigenvalue weighted by atomic mass is 9.94. The summed E-state index contributed by atoms with van der Waals surface area (Å²) < 4.78 is 1.91.